The zero-order valence-corrected chi connectivity index (χ0v) is 17.1. The van der Waals surface area contributed by atoms with E-state index < -0.39 is 11.7 Å². The number of benzene rings is 2. The maximum atomic E-state index is 14.4. The van der Waals surface area contributed by atoms with Crippen LogP contribution in [0.3, 0.4) is 0 Å². The minimum absolute atomic E-state index is 0.00192. The number of aromatic nitrogens is 5. The Morgan fingerprint density at radius 1 is 1.19 bits per heavy atom. The van der Waals surface area contributed by atoms with Gasteiger partial charge in [-0.05, 0) is 61.5 Å². The quantitative estimate of drug-likeness (QED) is 0.506. The molecule has 4 rings (SSSR count). The number of hydrogen-bond acceptors (Lipinski definition) is 7. The number of rotatable bonds is 6. The van der Waals surface area contributed by atoms with Crippen LogP contribution in [0.25, 0.3) is 5.69 Å². The van der Waals surface area contributed by atoms with E-state index in [1.165, 1.54) is 22.9 Å². The van der Waals surface area contributed by atoms with E-state index in [2.05, 4.69) is 26.0 Å². The van der Waals surface area contributed by atoms with Gasteiger partial charge in [0.05, 0.1) is 28.2 Å². The van der Waals surface area contributed by atoms with Gasteiger partial charge in [0.15, 0.2) is 5.82 Å². The van der Waals surface area contributed by atoms with Gasteiger partial charge in [-0.25, -0.2) is 4.39 Å². The number of ether oxygens (including phenoxy) is 1. The first kappa shape index (κ1) is 20.2. The van der Waals surface area contributed by atoms with Crippen LogP contribution >= 0.6 is 0 Å². The highest BCUT2D eigenvalue weighted by molar-refractivity contribution is 6.06. The summed E-state index contributed by atoms with van der Waals surface area (Å²) in [5, 5.41) is 17.7. The third kappa shape index (κ3) is 4.13. The molecule has 0 unspecified atom stereocenters. The Hall–Kier alpha value is -4.08. The first-order valence-corrected chi connectivity index (χ1v) is 9.44. The van der Waals surface area contributed by atoms with E-state index in [9.17, 15) is 9.18 Å². The van der Waals surface area contributed by atoms with E-state index in [0.29, 0.717) is 23.0 Å². The van der Waals surface area contributed by atoms with Gasteiger partial charge in [0.1, 0.15) is 23.9 Å². The van der Waals surface area contributed by atoms with E-state index in [4.69, 9.17) is 9.26 Å². The van der Waals surface area contributed by atoms with E-state index >= 15 is 0 Å². The maximum absolute atomic E-state index is 14.4. The minimum Gasteiger partial charge on any atom is -0.488 e. The number of carbonyl (C=O) groups excluding carboxylic acids is 1. The van der Waals surface area contributed by atoms with Crippen molar-refractivity contribution in [3.05, 3.63) is 76.7 Å². The minimum atomic E-state index is -0.586. The smallest absolute Gasteiger partial charge is 0.259 e. The van der Waals surface area contributed by atoms with Crippen LogP contribution in [-0.4, -0.2) is 31.3 Å². The lowest BCUT2D eigenvalue weighted by molar-refractivity contribution is 0.102. The summed E-state index contributed by atoms with van der Waals surface area (Å²) in [6.07, 6.45) is 0. The molecule has 1 amide bonds. The Kier molecular flexibility index (Phi) is 5.44. The number of nitrogens with one attached hydrogen (secondary N) is 1. The lowest BCUT2D eigenvalue weighted by Crippen LogP contribution is -2.15. The topological polar surface area (TPSA) is 108 Å². The van der Waals surface area contributed by atoms with Gasteiger partial charge in [-0.1, -0.05) is 17.3 Å². The van der Waals surface area contributed by atoms with Gasteiger partial charge in [-0.15, -0.1) is 5.10 Å². The third-order valence-electron chi connectivity index (χ3n) is 4.75. The Balaban J connectivity index is 1.56. The van der Waals surface area contributed by atoms with Crippen molar-refractivity contribution >= 4 is 11.6 Å². The number of para-hydroxylation sites is 1. The number of amides is 1. The maximum Gasteiger partial charge on any atom is 0.259 e. The van der Waals surface area contributed by atoms with Gasteiger partial charge in [-0.3, -0.25) is 4.79 Å². The molecule has 0 aliphatic heterocycles. The summed E-state index contributed by atoms with van der Waals surface area (Å²) in [5.41, 5.74) is 2.31. The van der Waals surface area contributed by atoms with E-state index in [-0.39, 0.29) is 17.9 Å². The Morgan fingerprint density at radius 3 is 2.71 bits per heavy atom. The van der Waals surface area contributed by atoms with Crippen LogP contribution in [0.15, 0.2) is 47.0 Å². The van der Waals surface area contributed by atoms with Crippen molar-refractivity contribution in [2.75, 3.05) is 5.32 Å². The average molecular weight is 422 g/mol. The van der Waals surface area contributed by atoms with Crippen LogP contribution in [-0.2, 0) is 6.61 Å². The standard InChI is InChI=1S/C21H19FN6O3/c1-12-17(13(2)31-25-12)11-30-20-7-5-4-6-16(20)21(29)23-19-10-15(8-9-18(19)22)28-14(3)24-26-27-28/h4-10H,11H2,1-3H3,(H,23,29). The molecule has 0 atom stereocenters. The summed E-state index contributed by atoms with van der Waals surface area (Å²) >= 11 is 0. The van der Waals surface area contributed by atoms with Crippen molar-refractivity contribution < 1.29 is 18.4 Å². The highest BCUT2D eigenvalue weighted by Crippen LogP contribution is 2.24. The third-order valence-corrected chi connectivity index (χ3v) is 4.75. The van der Waals surface area contributed by atoms with E-state index in [0.717, 1.165) is 11.3 Å². The molecule has 0 saturated heterocycles. The van der Waals surface area contributed by atoms with Crippen molar-refractivity contribution in [1.29, 1.82) is 0 Å². The molecule has 0 radical (unpaired) electrons. The molecular formula is C21H19FN6O3. The molecule has 4 aromatic rings. The van der Waals surface area contributed by atoms with Gasteiger partial charge in [-0.2, -0.15) is 4.68 Å². The predicted molar refractivity (Wildman–Crippen MR) is 109 cm³/mol. The van der Waals surface area contributed by atoms with Crippen LogP contribution in [0.1, 0.15) is 33.2 Å². The molecule has 2 aromatic heterocycles. The van der Waals surface area contributed by atoms with Crippen LogP contribution in [0, 0.1) is 26.6 Å². The highest BCUT2D eigenvalue weighted by atomic mass is 19.1. The number of halogens is 1. The van der Waals surface area contributed by atoms with Gasteiger partial charge in [0.2, 0.25) is 0 Å². The molecule has 0 aliphatic carbocycles. The predicted octanol–water partition coefficient (Wildman–Crippen LogP) is 3.55. The number of tetrazole rings is 1. The van der Waals surface area contributed by atoms with Crippen molar-refractivity contribution in [2.45, 2.75) is 27.4 Å². The van der Waals surface area contributed by atoms with Crippen LogP contribution < -0.4 is 10.1 Å². The largest absolute Gasteiger partial charge is 0.488 e. The second kappa shape index (κ2) is 8.34. The van der Waals surface area contributed by atoms with Crippen molar-refractivity contribution in [3.63, 3.8) is 0 Å². The summed E-state index contributed by atoms with van der Waals surface area (Å²) in [5.74, 6) is 0.432. The first-order chi connectivity index (χ1) is 14.9. The lowest BCUT2D eigenvalue weighted by atomic mass is 10.1. The zero-order chi connectivity index (χ0) is 22.0. The molecule has 9 nitrogen and oxygen atoms in total. The number of nitrogens with zero attached hydrogens (tertiary/aromatic N) is 5. The number of hydrogen-bond donors (Lipinski definition) is 1. The number of carbonyl (C=O) groups is 1. The molecule has 0 bridgehead atoms. The molecular weight excluding hydrogens is 403 g/mol. The summed E-state index contributed by atoms with van der Waals surface area (Å²) in [4.78, 5) is 12.9. The highest BCUT2D eigenvalue weighted by Gasteiger charge is 2.17. The Morgan fingerprint density at radius 2 is 2.00 bits per heavy atom. The summed E-state index contributed by atoms with van der Waals surface area (Å²) < 4.78 is 26.8. The van der Waals surface area contributed by atoms with Gasteiger partial charge < -0.3 is 14.6 Å². The lowest BCUT2D eigenvalue weighted by Gasteiger charge is -2.13. The zero-order valence-electron chi connectivity index (χ0n) is 17.1. The second-order valence-corrected chi connectivity index (χ2v) is 6.84. The molecule has 0 aliphatic rings. The Labute approximate surface area is 176 Å². The molecule has 2 heterocycles. The van der Waals surface area contributed by atoms with Crippen molar-refractivity contribution in [1.82, 2.24) is 25.4 Å². The summed E-state index contributed by atoms with van der Waals surface area (Å²) in [6.45, 7) is 5.51. The van der Waals surface area contributed by atoms with E-state index in [1.807, 2.05) is 6.92 Å². The summed E-state index contributed by atoms with van der Waals surface area (Å²) in [6, 6.07) is 11.0. The second-order valence-electron chi connectivity index (χ2n) is 6.84. The fourth-order valence-electron chi connectivity index (χ4n) is 3.04. The van der Waals surface area contributed by atoms with Crippen LogP contribution in [0.2, 0.25) is 0 Å². The number of aryl methyl sites for hydroxylation is 3. The normalized spacial score (nSPS) is 10.8. The van der Waals surface area contributed by atoms with E-state index in [1.54, 1.807) is 38.1 Å². The van der Waals surface area contributed by atoms with Crippen molar-refractivity contribution in [2.24, 2.45) is 0 Å². The van der Waals surface area contributed by atoms with Gasteiger partial charge in [0.25, 0.3) is 5.91 Å². The van der Waals surface area contributed by atoms with Crippen LogP contribution in [0.5, 0.6) is 5.75 Å². The fourth-order valence-corrected chi connectivity index (χ4v) is 3.04. The van der Waals surface area contributed by atoms with Crippen molar-refractivity contribution in [3.8, 4) is 11.4 Å². The average Bonchev–Trinajstić information content (AvgIpc) is 3.33. The SMILES string of the molecule is Cc1noc(C)c1COc1ccccc1C(=O)Nc1cc(-n2nnnc2C)ccc1F. The Bertz CT molecular complexity index is 1230. The molecule has 10 heteroatoms. The number of anilines is 1. The molecule has 0 fully saturated rings. The molecule has 1 N–H and O–H groups in total. The molecule has 158 valence electrons. The van der Waals surface area contributed by atoms with Crippen LogP contribution in [0.4, 0.5) is 10.1 Å². The van der Waals surface area contributed by atoms with Gasteiger partial charge in [0, 0.05) is 0 Å². The fraction of sp³-hybridized carbons (Fsp3) is 0.190. The molecule has 0 saturated carbocycles. The molecule has 2 aromatic carbocycles. The molecule has 0 spiro atoms. The first-order valence-electron chi connectivity index (χ1n) is 9.44. The molecule has 31 heavy (non-hydrogen) atoms. The monoisotopic (exact) mass is 422 g/mol. The summed E-state index contributed by atoms with van der Waals surface area (Å²) in [7, 11) is 0. The van der Waals surface area contributed by atoms with Gasteiger partial charge >= 0.3 is 0 Å².